The molecule has 0 bridgehead atoms. The number of fused-ring (bicyclic) bond motifs is 1. The molecule has 0 saturated heterocycles. The third-order valence-electron chi connectivity index (χ3n) is 4.23. The number of hydrogen-bond acceptors (Lipinski definition) is 2. The predicted molar refractivity (Wildman–Crippen MR) is 97.6 cm³/mol. The van der Waals surface area contributed by atoms with Crippen molar-refractivity contribution >= 4 is 16.6 Å². The normalized spacial score (nSPS) is 11.8. The summed E-state index contributed by atoms with van der Waals surface area (Å²) in [4.78, 5) is 3.27. The molecule has 122 valence electrons. The average Bonchev–Trinajstić information content (AvgIpc) is 3.03. The Labute approximate surface area is 144 Å². The molecule has 0 saturated carbocycles. The van der Waals surface area contributed by atoms with Gasteiger partial charge in [-0.05, 0) is 18.2 Å². The van der Waals surface area contributed by atoms with Crippen LogP contribution in [0, 0.1) is 5.82 Å². The van der Waals surface area contributed by atoms with Crippen molar-refractivity contribution in [2.24, 2.45) is 5.16 Å². The molecule has 2 N–H and O–H groups in total. The van der Waals surface area contributed by atoms with Gasteiger partial charge in [-0.15, -0.1) is 0 Å². The highest BCUT2D eigenvalue weighted by molar-refractivity contribution is 6.22. The van der Waals surface area contributed by atoms with E-state index in [1.54, 1.807) is 18.2 Å². The van der Waals surface area contributed by atoms with Crippen molar-refractivity contribution in [3.63, 3.8) is 0 Å². The summed E-state index contributed by atoms with van der Waals surface area (Å²) >= 11 is 0. The smallest absolute Gasteiger partial charge is 0.132 e. The number of aromatic nitrogens is 1. The summed E-state index contributed by atoms with van der Waals surface area (Å²) in [5.41, 5.74) is 3.72. The molecule has 3 nitrogen and oxygen atoms in total. The molecular weight excluding hydrogens is 315 g/mol. The van der Waals surface area contributed by atoms with Crippen LogP contribution >= 0.6 is 0 Å². The second-order valence-electron chi connectivity index (χ2n) is 5.72. The van der Waals surface area contributed by atoms with Gasteiger partial charge in [0.2, 0.25) is 0 Å². The van der Waals surface area contributed by atoms with Crippen molar-refractivity contribution in [1.82, 2.24) is 4.98 Å². The molecule has 0 unspecified atom stereocenters. The van der Waals surface area contributed by atoms with Crippen LogP contribution in [0.15, 0.2) is 84.0 Å². The highest BCUT2D eigenvalue weighted by atomic mass is 19.1. The SMILES string of the molecule is O/N=C(\c1ccccc1)c1c(-c2ccccc2F)[nH]c2ccccc12. The fraction of sp³-hybridized carbons (Fsp3) is 0. The Kier molecular flexibility index (Phi) is 3.78. The summed E-state index contributed by atoms with van der Waals surface area (Å²) in [6.45, 7) is 0. The molecule has 0 aliphatic carbocycles. The van der Waals surface area contributed by atoms with E-state index in [-0.39, 0.29) is 5.82 Å². The maximum Gasteiger partial charge on any atom is 0.132 e. The van der Waals surface area contributed by atoms with Crippen molar-refractivity contribution in [1.29, 1.82) is 0 Å². The van der Waals surface area contributed by atoms with Crippen LogP contribution in [0.1, 0.15) is 11.1 Å². The number of H-pyrrole nitrogens is 1. The van der Waals surface area contributed by atoms with E-state index >= 15 is 0 Å². The van der Waals surface area contributed by atoms with E-state index in [0.717, 1.165) is 16.5 Å². The second-order valence-corrected chi connectivity index (χ2v) is 5.72. The summed E-state index contributed by atoms with van der Waals surface area (Å²) in [6.07, 6.45) is 0. The summed E-state index contributed by atoms with van der Waals surface area (Å²) in [5.74, 6) is -0.333. The third-order valence-corrected chi connectivity index (χ3v) is 4.23. The molecule has 0 radical (unpaired) electrons. The quantitative estimate of drug-likeness (QED) is 0.303. The number of nitrogens with one attached hydrogen (secondary N) is 1. The molecule has 4 heteroatoms. The number of rotatable bonds is 3. The molecule has 4 rings (SSSR count). The summed E-state index contributed by atoms with van der Waals surface area (Å²) in [5, 5.41) is 14.1. The van der Waals surface area contributed by atoms with Gasteiger partial charge >= 0.3 is 0 Å². The van der Waals surface area contributed by atoms with Gasteiger partial charge in [-0.1, -0.05) is 65.8 Å². The van der Waals surface area contributed by atoms with Crippen molar-refractivity contribution in [2.75, 3.05) is 0 Å². The molecule has 25 heavy (non-hydrogen) atoms. The van der Waals surface area contributed by atoms with E-state index in [1.807, 2.05) is 54.6 Å². The molecule has 0 spiro atoms. The molecule has 3 aromatic carbocycles. The van der Waals surface area contributed by atoms with Crippen LogP contribution in [0.3, 0.4) is 0 Å². The zero-order chi connectivity index (χ0) is 17.2. The van der Waals surface area contributed by atoms with Crippen LogP contribution in [0.25, 0.3) is 22.2 Å². The first-order valence-electron chi connectivity index (χ1n) is 7.93. The molecule has 0 aliphatic heterocycles. The lowest BCUT2D eigenvalue weighted by molar-refractivity contribution is 0.319. The predicted octanol–water partition coefficient (Wildman–Crippen LogP) is 5.20. The minimum absolute atomic E-state index is 0.333. The van der Waals surface area contributed by atoms with Gasteiger partial charge in [-0.3, -0.25) is 0 Å². The maximum atomic E-state index is 14.4. The lowest BCUT2D eigenvalue weighted by Gasteiger charge is -2.08. The monoisotopic (exact) mass is 330 g/mol. The molecule has 0 atom stereocenters. The molecule has 1 aromatic heterocycles. The summed E-state index contributed by atoms with van der Waals surface area (Å²) in [7, 11) is 0. The highest BCUT2D eigenvalue weighted by Gasteiger charge is 2.21. The van der Waals surface area contributed by atoms with Crippen molar-refractivity contribution in [3.8, 4) is 11.3 Å². The Morgan fingerprint density at radius 1 is 0.840 bits per heavy atom. The molecule has 0 aliphatic rings. The van der Waals surface area contributed by atoms with Crippen molar-refractivity contribution < 1.29 is 9.60 Å². The standard InChI is InChI=1S/C21H15FN2O/c22-17-12-6-4-10-15(17)21-19(16-11-5-7-13-18(16)23-21)20(24-25)14-8-2-1-3-9-14/h1-13,23,25H/b24-20+. The van der Waals surface area contributed by atoms with Crippen LogP contribution in [0.2, 0.25) is 0 Å². The van der Waals surface area contributed by atoms with Gasteiger partial charge in [0.25, 0.3) is 0 Å². The van der Waals surface area contributed by atoms with Gasteiger partial charge in [-0.25, -0.2) is 4.39 Å². The third kappa shape index (κ3) is 2.58. The van der Waals surface area contributed by atoms with E-state index in [1.165, 1.54) is 6.07 Å². The van der Waals surface area contributed by atoms with E-state index in [2.05, 4.69) is 10.1 Å². The van der Waals surface area contributed by atoms with Crippen molar-refractivity contribution in [2.45, 2.75) is 0 Å². The molecule has 1 heterocycles. The molecule has 4 aromatic rings. The summed E-state index contributed by atoms with van der Waals surface area (Å²) < 4.78 is 14.4. The topological polar surface area (TPSA) is 48.4 Å². The Morgan fingerprint density at radius 2 is 1.52 bits per heavy atom. The summed E-state index contributed by atoms with van der Waals surface area (Å²) in [6, 6.07) is 23.6. The van der Waals surface area contributed by atoms with Crippen LogP contribution < -0.4 is 0 Å². The van der Waals surface area contributed by atoms with Crippen LogP contribution in [0.4, 0.5) is 4.39 Å². The van der Waals surface area contributed by atoms with Gasteiger partial charge < -0.3 is 10.2 Å². The lowest BCUT2D eigenvalue weighted by Crippen LogP contribution is -2.05. The minimum Gasteiger partial charge on any atom is -0.410 e. The van der Waals surface area contributed by atoms with E-state index in [0.29, 0.717) is 22.5 Å². The maximum absolute atomic E-state index is 14.4. The molecular formula is C21H15FN2O. The Bertz CT molecular complexity index is 1070. The molecule has 0 amide bonds. The fourth-order valence-corrected chi connectivity index (χ4v) is 3.10. The van der Waals surface area contributed by atoms with E-state index in [4.69, 9.17) is 0 Å². The first kappa shape index (κ1) is 15.1. The second kappa shape index (κ2) is 6.24. The van der Waals surface area contributed by atoms with Gasteiger partial charge in [0, 0.05) is 27.6 Å². The van der Waals surface area contributed by atoms with E-state index < -0.39 is 0 Å². The highest BCUT2D eigenvalue weighted by Crippen LogP contribution is 2.33. The zero-order valence-electron chi connectivity index (χ0n) is 13.3. The van der Waals surface area contributed by atoms with Gasteiger partial charge in [0.1, 0.15) is 11.5 Å². The number of aromatic amines is 1. The van der Waals surface area contributed by atoms with Gasteiger partial charge in [0.05, 0.1) is 5.69 Å². The average molecular weight is 330 g/mol. The largest absolute Gasteiger partial charge is 0.410 e. The fourth-order valence-electron chi connectivity index (χ4n) is 3.10. The Hall–Kier alpha value is -3.40. The number of benzene rings is 3. The van der Waals surface area contributed by atoms with Crippen molar-refractivity contribution in [3.05, 3.63) is 95.8 Å². The number of halogens is 1. The number of para-hydroxylation sites is 1. The number of hydrogen-bond donors (Lipinski definition) is 2. The van der Waals surface area contributed by atoms with Gasteiger partial charge in [-0.2, -0.15) is 0 Å². The molecule has 0 fully saturated rings. The Morgan fingerprint density at radius 3 is 2.28 bits per heavy atom. The number of oxime groups is 1. The zero-order valence-corrected chi connectivity index (χ0v) is 13.3. The van der Waals surface area contributed by atoms with Crippen LogP contribution in [-0.2, 0) is 0 Å². The first-order valence-corrected chi connectivity index (χ1v) is 7.93. The van der Waals surface area contributed by atoms with Crippen LogP contribution in [-0.4, -0.2) is 15.9 Å². The van der Waals surface area contributed by atoms with Gasteiger partial charge in [0.15, 0.2) is 0 Å². The number of nitrogens with zero attached hydrogens (tertiary/aromatic N) is 1. The minimum atomic E-state index is -0.333. The van der Waals surface area contributed by atoms with E-state index in [9.17, 15) is 9.60 Å². The lowest BCUT2D eigenvalue weighted by atomic mass is 9.96. The first-order chi connectivity index (χ1) is 12.3. The Balaban J connectivity index is 2.05. The van der Waals surface area contributed by atoms with Crippen LogP contribution in [0.5, 0.6) is 0 Å².